The number of nitrogens with one attached hydrogen (secondary N) is 2. The summed E-state index contributed by atoms with van der Waals surface area (Å²) in [6, 6.07) is 10.4. The number of hydrogen-bond donors (Lipinski definition) is 2. The average Bonchev–Trinajstić information content (AvgIpc) is 3.27. The van der Waals surface area contributed by atoms with Gasteiger partial charge in [-0.2, -0.15) is 10.2 Å². The SMILES string of the molecule is Cc1n[nH]c(C)c1NC(=O)CN1Cc2ccccc2C(n2cccn2)C1. The van der Waals surface area contributed by atoms with Crippen molar-refractivity contribution in [3.63, 3.8) is 0 Å². The molecule has 0 bridgehead atoms. The fourth-order valence-corrected chi connectivity index (χ4v) is 3.58. The van der Waals surface area contributed by atoms with Crippen LogP contribution < -0.4 is 5.32 Å². The van der Waals surface area contributed by atoms with E-state index >= 15 is 0 Å². The molecule has 3 heterocycles. The van der Waals surface area contributed by atoms with E-state index in [0.717, 1.165) is 30.2 Å². The Balaban J connectivity index is 1.52. The van der Waals surface area contributed by atoms with Crippen LogP contribution in [0.1, 0.15) is 28.6 Å². The number of H-pyrrole nitrogens is 1. The Hall–Kier alpha value is -2.93. The highest BCUT2D eigenvalue weighted by Crippen LogP contribution is 2.29. The van der Waals surface area contributed by atoms with E-state index in [4.69, 9.17) is 0 Å². The predicted octanol–water partition coefficient (Wildman–Crippen LogP) is 2.27. The van der Waals surface area contributed by atoms with Gasteiger partial charge in [0, 0.05) is 25.5 Å². The van der Waals surface area contributed by atoms with Crippen LogP contribution in [0.2, 0.25) is 0 Å². The van der Waals surface area contributed by atoms with Gasteiger partial charge in [0.25, 0.3) is 0 Å². The molecule has 1 aliphatic heterocycles. The number of carbonyl (C=O) groups is 1. The zero-order chi connectivity index (χ0) is 18.1. The maximum absolute atomic E-state index is 12.6. The van der Waals surface area contributed by atoms with Crippen LogP contribution in [-0.4, -0.2) is 43.9 Å². The molecule has 1 atom stereocenters. The monoisotopic (exact) mass is 350 g/mol. The van der Waals surface area contributed by atoms with Crippen molar-refractivity contribution in [1.29, 1.82) is 0 Å². The average molecular weight is 350 g/mol. The number of hydrogen-bond acceptors (Lipinski definition) is 4. The smallest absolute Gasteiger partial charge is 0.238 e. The first-order valence-electron chi connectivity index (χ1n) is 8.72. The van der Waals surface area contributed by atoms with Crippen LogP contribution in [0.5, 0.6) is 0 Å². The molecule has 0 aliphatic carbocycles. The molecule has 2 N–H and O–H groups in total. The lowest BCUT2D eigenvalue weighted by molar-refractivity contribution is -0.117. The molecule has 0 saturated carbocycles. The van der Waals surface area contributed by atoms with Crippen molar-refractivity contribution in [3.8, 4) is 0 Å². The fraction of sp³-hybridized carbons (Fsp3) is 0.316. The number of carbonyl (C=O) groups excluding carboxylic acids is 1. The van der Waals surface area contributed by atoms with Crippen molar-refractivity contribution >= 4 is 11.6 Å². The van der Waals surface area contributed by atoms with E-state index in [9.17, 15) is 4.79 Å². The van der Waals surface area contributed by atoms with E-state index in [1.807, 2.05) is 36.9 Å². The number of fused-ring (bicyclic) bond motifs is 1. The van der Waals surface area contributed by atoms with E-state index in [1.165, 1.54) is 11.1 Å². The van der Waals surface area contributed by atoms with Gasteiger partial charge in [-0.05, 0) is 31.0 Å². The number of anilines is 1. The fourth-order valence-electron chi connectivity index (χ4n) is 3.58. The van der Waals surface area contributed by atoms with Gasteiger partial charge in [0.1, 0.15) is 0 Å². The Kier molecular flexibility index (Phi) is 4.30. The Morgan fingerprint density at radius 2 is 2.15 bits per heavy atom. The number of nitrogens with zero attached hydrogens (tertiary/aromatic N) is 4. The molecule has 0 fully saturated rings. The third-order valence-electron chi connectivity index (χ3n) is 4.84. The summed E-state index contributed by atoms with van der Waals surface area (Å²) in [5, 5.41) is 14.4. The second kappa shape index (κ2) is 6.76. The first-order valence-corrected chi connectivity index (χ1v) is 8.72. The lowest BCUT2D eigenvalue weighted by Crippen LogP contribution is -2.41. The molecule has 7 heteroatoms. The van der Waals surface area contributed by atoms with Gasteiger partial charge in [-0.1, -0.05) is 24.3 Å². The summed E-state index contributed by atoms with van der Waals surface area (Å²) < 4.78 is 1.97. The zero-order valence-electron chi connectivity index (χ0n) is 14.9. The minimum absolute atomic E-state index is 0.0313. The Morgan fingerprint density at radius 1 is 1.31 bits per heavy atom. The summed E-state index contributed by atoms with van der Waals surface area (Å²) in [4.78, 5) is 14.7. The van der Waals surface area contributed by atoms with Gasteiger partial charge in [0.2, 0.25) is 5.91 Å². The summed E-state index contributed by atoms with van der Waals surface area (Å²) >= 11 is 0. The molecule has 4 rings (SSSR count). The maximum atomic E-state index is 12.6. The second-order valence-electron chi connectivity index (χ2n) is 6.73. The zero-order valence-corrected chi connectivity index (χ0v) is 14.9. The van der Waals surface area contributed by atoms with Crippen molar-refractivity contribution in [2.45, 2.75) is 26.4 Å². The molecule has 1 unspecified atom stereocenters. The van der Waals surface area contributed by atoms with E-state index in [-0.39, 0.29) is 11.9 Å². The van der Waals surface area contributed by atoms with Crippen molar-refractivity contribution in [3.05, 3.63) is 65.2 Å². The van der Waals surface area contributed by atoms with E-state index in [1.54, 1.807) is 6.20 Å². The van der Waals surface area contributed by atoms with Crippen LogP contribution >= 0.6 is 0 Å². The van der Waals surface area contributed by atoms with Crippen molar-refractivity contribution in [2.75, 3.05) is 18.4 Å². The molecule has 1 aromatic carbocycles. The first kappa shape index (κ1) is 16.5. The van der Waals surface area contributed by atoms with Gasteiger partial charge in [0.15, 0.2) is 0 Å². The minimum atomic E-state index is -0.0313. The number of benzene rings is 1. The highest BCUT2D eigenvalue weighted by Gasteiger charge is 2.27. The number of aromatic amines is 1. The third kappa shape index (κ3) is 3.13. The Morgan fingerprint density at radius 3 is 2.88 bits per heavy atom. The summed E-state index contributed by atoms with van der Waals surface area (Å²) in [6.45, 7) is 5.61. The highest BCUT2D eigenvalue weighted by molar-refractivity contribution is 5.93. The predicted molar refractivity (Wildman–Crippen MR) is 98.8 cm³/mol. The molecule has 26 heavy (non-hydrogen) atoms. The molecular weight excluding hydrogens is 328 g/mol. The first-order chi connectivity index (χ1) is 12.6. The lowest BCUT2D eigenvalue weighted by Gasteiger charge is -2.34. The van der Waals surface area contributed by atoms with Crippen LogP contribution in [0.25, 0.3) is 0 Å². The van der Waals surface area contributed by atoms with Gasteiger partial charge in [-0.25, -0.2) is 0 Å². The van der Waals surface area contributed by atoms with Gasteiger partial charge < -0.3 is 5.32 Å². The summed E-state index contributed by atoms with van der Waals surface area (Å²) in [5.74, 6) is -0.0313. The molecule has 0 spiro atoms. The Bertz CT molecular complexity index is 895. The van der Waals surface area contributed by atoms with E-state index in [2.05, 4.69) is 43.7 Å². The van der Waals surface area contributed by atoms with Crippen LogP contribution in [0.4, 0.5) is 5.69 Å². The third-order valence-corrected chi connectivity index (χ3v) is 4.84. The van der Waals surface area contributed by atoms with Crippen LogP contribution in [-0.2, 0) is 11.3 Å². The van der Waals surface area contributed by atoms with Gasteiger partial charge >= 0.3 is 0 Å². The largest absolute Gasteiger partial charge is 0.322 e. The molecule has 7 nitrogen and oxygen atoms in total. The van der Waals surface area contributed by atoms with E-state index in [0.29, 0.717) is 6.54 Å². The molecule has 1 aliphatic rings. The number of aryl methyl sites for hydroxylation is 2. The second-order valence-corrected chi connectivity index (χ2v) is 6.73. The summed E-state index contributed by atoms with van der Waals surface area (Å²) in [7, 11) is 0. The molecule has 1 amide bonds. The summed E-state index contributed by atoms with van der Waals surface area (Å²) in [5.41, 5.74) is 4.96. The van der Waals surface area contributed by atoms with Gasteiger partial charge in [-0.3, -0.25) is 19.5 Å². The molecule has 2 aromatic heterocycles. The maximum Gasteiger partial charge on any atom is 0.238 e. The standard InChI is InChI=1S/C19H22N6O/c1-13-19(14(2)23-22-13)21-18(26)12-24-10-15-6-3-4-7-16(15)17(11-24)25-9-5-8-20-25/h3-9,17H,10-12H2,1-2H3,(H,21,26)(H,22,23). The number of rotatable bonds is 4. The van der Waals surface area contributed by atoms with Crippen LogP contribution in [0, 0.1) is 13.8 Å². The van der Waals surface area contributed by atoms with Gasteiger partial charge in [-0.15, -0.1) is 0 Å². The van der Waals surface area contributed by atoms with Crippen molar-refractivity contribution in [2.24, 2.45) is 0 Å². The Labute approximate surface area is 152 Å². The number of amides is 1. The summed E-state index contributed by atoms with van der Waals surface area (Å²) in [6.07, 6.45) is 3.77. The highest BCUT2D eigenvalue weighted by atomic mass is 16.2. The molecule has 3 aromatic rings. The number of aromatic nitrogens is 4. The quantitative estimate of drug-likeness (QED) is 0.756. The minimum Gasteiger partial charge on any atom is -0.322 e. The van der Waals surface area contributed by atoms with Crippen LogP contribution in [0.15, 0.2) is 42.7 Å². The topological polar surface area (TPSA) is 78.8 Å². The van der Waals surface area contributed by atoms with Crippen LogP contribution in [0.3, 0.4) is 0 Å². The molecule has 0 radical (unpaired) electrons. The van der Waals surface area contributed by atoms with Crippen molar-refractivity contribution < 1.29 is 4.79 Å². The molecule has 134 valence electrons. The molecule has 0 saturated heterocycles. The lowest BCUT2D eigenvalue weighted by atomic mass is 9.95. The van der Waals surface area contributed by atoms with Crippen molar-refractivity contribution in [1.82, 2.24) is 24.9 Å². The van der Waals surface area contributed by atoms with E-state index < -0.39 is 0 Å². The van der Waals surface area contributed by atoms with Gasteiger partial charge in [0.05, 0.1) is 29.7 Å². The molecular formula is C19H22N6O. The normalized spacial score (nSPS) is 17.1.